The third-order valence-electron chi connectivity index (χ3n) is 4.28. The number of carbonyl (C=O) groups is 1. The number of anilines is 2. The van der Waals surface area contributed by atoms with Gasteiger partial charge in [0, 0.05) is 25.2 Å². The van der Waals surface area contributed by atoms with E-state index in [1.807, 2.05) is 0 Å². The van der Waals surface area contributed by atoms with Gasteiger partial charge in [-0.1, -0.05) is 23.4 Å². The minimum atomic E-state index is -0.635. The summed E-state index contributed by atoms with van der Waals surface area (Å²) in [6.45, 7) is 0.157. The Labute approximate surface area is 177 Å². The zero-order valence-electron chi connectivity index (χ0n) is 16.8. The quantitative estimate of drug-likeness (QED) is 0.490. The molecule has 160 valence electrons. The van der Waals surface area contributed by atoms with Crippen molar-refractivity contribution in [1.29, 1.82) is 5.41 Å². The van der Waals surface area contributed by atoms with Gasteiger partial charge in [0.15, 0.2) is 11.6 Å². The van der Waals surface area contributed by atoms with Crippen molar-refractivity contribution in [3.8, 4) is 0 Å². The van der Waals surface area contributed by atoms with Crippen LogP contribution >= 0.6 is 0 Å². The number of nitrogen functional groups attached to an aromatic ring is 1. The fourth-order valence-corrected chi connectivity index (χ4v) is 2.62. The van der Waals surface area contributed by atoms with Crippen molar-refractivity contribution in [3.05, 3.63) is 71.8 Å². The molecule has 0 saturated carbocycles. The summed E-state index contributed by atoms with van der Waals surface area (Å²) in [5.74, 6) is -0.336. The molecule has 0 radical (unpaired) electrons. The van der Waals surface area contributed by atoms with Crippen LogP contribution in [0.15, 0.2) is 53.4 Å². The van der Waals surface area contributed by atoms with Crippen molar-refractivity contribution < 1.29 is 18.4 Å². The van der Waals surface area contributed by atoms with Crippen LogP contribution in [-0.4, -0.2) is 41.1 Å². The predicted molar refractivity (Wildman–Crippen MR) is 112 cm³/mol. The number of amides is 1. The number of halogens is 1. The largest absolute Gasteiger partial charge is 0.452 e. The van der Waals surface area contributed by atoms with Crippen molar-refractivity contribution in [3.63, 3.8) is 0 Å². The molecule has 2 aromatic heterocycles. The molecule has 0 aliphatic carbocycles. The first-order valence-corrected chi connectivity index (χ1v) is 9.03. The number of allylic oxidation sites excluding steroid dienone is 1. The maximum atomic E-state index is 13.9. The first kappa shape index (κ1) is 21.4. The molecule has 2 heterocycles. The minimum absolute atomic E-state index is 0.00153. The molecule has 0 spiro atoms. The van der Waals surface area contributed by atoms with Gasteiger partial charge in [-0.15, -0.1) is 0 Å². The van der Waals surface area contributed by atoms with Crippen LogP contribution in [0.3, 0.4) is 0 Å². The van der Waals surface area contributed by atoms with Gasteiger partial charge in [-0.3, -0.25) is 10.3 Å². The normalized spacial score (nSPS) is 11.1. The lowest BCUT2D eigenvalue weighted by molar-refractivity contribution is 0.180. The highest BCUT2D eigenvalue weighted by atomic mass is 19.1. The summed E-state index contributed by atoms with van der Waals surface area (Å²) in [6.07, 6.45) is 3.49. The van der Waals surface area contributed by atoms with E-state index in [1.165, 1.54) is 38.8 Å². The summed E-state index contributed by atoms with van der Waals surface area (Å²) in [7, 11) is 2.70. The average molecular weight is 425 g/mol. The summed E-state index contributed by atoms with van der Waals surface area (Å²) < 4.78 is 23.4. The van der Waals surface area contributed by atoms with E-state index >= 15 is 0 Å². The van der Waals surface area contributed by atoms with Gasteiger partial charge in [0.1, 0.15) is 29.2 Å². The van der Waals surface area contributed by atoms with E-state index in [-0.39, 0.29) is 35.4 Å². The Morgan fingerprint density at radius 2 is 2.16 bits per heavy atom. The number of nitrogens with zero attached hydrogens (tertiary/aromatic N) is 4. The second kappa shape index (κ2) is 9.48. The molecule has 0 atom stereocenters. The molecule has 11 heteroatoms. The summed E-state index contributed by atoms with van der Waals surface area (Å²) >= 11 is 0. The van der Waals surface area contributed by atoms with Gasteiger partial charge < -0.3 is 20.3 Å². The maximum absolute atomic E-state index is 13.9. The Morgan fingerprint density at radius 3 is 2.81 bits per heavy atom. The standard InChI is InChI=1S/C20H20FN7O3/c1-28(20(29)30-2)17-11-25-19(26-18(17)23)14(22)9-16(15-7-8-31-27-15)24-10-12-5-3-4-6-13(12)21/h3-9,11,22,24H,10H2,1-2H3,(H2,23,25,26)/b16-9-,22-14?. The van der Waals surface area contributed by atoms with E-state index < -0.39 is 6.09 Å². The van der Waals surface area contributed by atoms with Gasteiger partial charge >= 0.3 is 6.09 Å². The molecule has 0 saturated heterocycles. The van der Waals surface area contributed by atoms with Crippen LogP contribution in [0.5, 0.6) is 0 Å². The lowest BCUT2D eigenvalue weighted by Crippen LogP contribution is -2.27. The van der Waals surface area contributed by atoms with Crippen molar-refractivity contribution in [2.75, 3.05) is 24.8 Å². The lowest BCUT2D eigenvalue weighted by Gasteiger charge is -2.16. The van der Waals surface area contributed by atoms with Gasteiger partial charge in [0.05, 0.1) is 19.0 Å². The van der Waals surface area contributed by atoms with Crippen LogP contribution in [0.25, 0.3) is 5.70 Å². The molecule has 0 unspecified atom stereocenters. The van der Waals surface area contributed by atoms with Crippen molar-refractivity contribution in [2.24, 2.45) is 0 Å². The molecule has 0 fully saturated rings. The zero-order valence-corrected chi connectivity index (χ0v) is 16.8. The molecule has 0 aliphatic rings. The number of hydrogen-bond acceptors (Lipinski definition) is 9. The Morgan fingerprint density at radius 1 is 1.39 bits per heavy atom. The van der Waals surface area contributed by atoms with Crippen molar-refractivity contribution in [1.82, 2.24) is 20.4 Å². The van der Waals surface area contributed by atoms with Crippen LogP contribution in [0, 0.1) is 11.2 Å². The number of nitrogens with two attached hydrogens (primary N) is 1. The Hall–Kier alpha value is -4.28. The molecule has 0 bridgehead atoms. The zero-order chi connectivity index (χ0) is 22.4. The first-order valence-electron chi connectivity index (χ1n) is 9.03. The maximum Gasteiger partial charge on any atom is 0.413 e. The Balaban J connectivity index is 1.85. The van der Waals surface area contributed by atoms with Gasteiger partial charge in [-0.05, 0) is 12.1 Å². The SMILES string of the molecule is COC(=O)N(C)c1cnc(C(=N)/C=C(\NCc2ccccc2F)c2ccon2)nc1N. The van der Waals surface area contributed by atoms with E-state index in [0.29, 0.717) is 17.0 Å². The topological polar surface area (TPSA) is 143 Å². The summed E-state index contributed by atoms with van der Waals surface area (Å²) in [5.41, 5.74) is 7.34. The molecule has 4 N–H and O–H groups in total. The van der Waals surface area contributed by atoms with Crippen molar-refractivity contribution in [2.45, 2.75) is 6.54 Å². The molecule has 10 nitrogen and oxygen atoms in total. The van der Waals surface area contributed by atoms with E-state index in [1.54, 1.807) is 24.3 Å². The summed E-state index contributed by atoms with van der Waals surface area (Å²) in [5, 5.41) is 15.3. The Bertz CT molecular complexity index is 1120. The molecule has 1 aromatic carbocycles. The molecular weight excluding hydrogens is 405 g/mol. The fraction of sp³-hybridized carbons (Fsp3) is 0.150. The minimum Gasteiger partial charge on any atom is -0.452 e. The number of nitrogens with one attached hydrogen (secondary N) is 2. The monoisotopic (exact) mass is 425 g/mol. The van der Waals surface area contributed by atoms with E-state index in [4.69, 9.17) is 15.7 Å². The fourth-order valence-electron chi connectivity index (χ4n) is 2.62. The van der Waals surface area contributed by atoms with E-state index in [9.17, 15) is 9.18 Å². The molecule has 3 rings (SSSR count). The predicted octanol–water partition coefficient (Wildman–Crippen LogP) is 2.59. The van der Waals surface area contributed by atoms with Gasteiger partial charge in [-0.2, -0.15) is 0 Å². The molecular formula is C20H20FN7O3. The van der Waals surface area contributed by atoms with Gasteiger partial charge in [0.2, 0.25) is 0 Å². The smallest absolute Gasteiger partial charge is 0.413 e. The van der Waals surface area contributed by atoms with Crippen LogP contribution in [0.2, 0.25) is 0 Å². The number of carbonyl (C=O) groups excluding carboxylic acids is 1. The third-order valence-corrected chi connectivity index (χ3v) is 4.28. The van der Waals surface area contributed by atoms with Crippen LogP contribution < -0.4 is 16.0 Å². The number of methoxy groups -OCH3 is 1. The van der Waals surface area contributed by atoms with E-state index in [0.717, 1.165) is 4.90 Å². The second-order valence-corrected chi connectivity index (χ2v) is 6.29. The van der Waals surface area contributed by atoms with Crippen LogP contribution in [0.4, 0.5) is 20.7 Å². The number of aromatic nitrogens is 3. The highest BCUT2D eigenvalue weighted by Gasteiger charge is 2.17. The summed E-state index contributed by atoms with van der Waals surface area (Å²) in [4.78, 5) is 21.0. The highest BCUT2D eigenvalue weighted by Crippen LogP contribution is 2.20. The lowest BCUT2D eigenvalue weighted by atomic mass is 10.2. The van der Waals surface area contributed by atoms with Crippen LogP contribution in [-0.2, 0) is 11.3 Å². The third kappa shape index (κ3) is 5.01. The molecule has 0 aliphatic heterocycles. The Kier molecular flexibility index (Phi) is 6.55. The summed E-state index contributed by atoms with van der Waals surface area (Å²) in [6, 6.07) is 7.94. The molecule has 31 heavy (non-hydrogen) atoms. The molecule has 1 amide bonds. The van der Waals surface area contributed by atoms with Gasteiger partial charge in [-0.25, -0.2) is 19.2 Å². The number of benzene rings is 1. The second-order valence-electron chi connectivity index (χ2n) is 6.29. The van der Waals surface area contributed by atoms with Gasteiger partial charge in [0.25, 0.3) is 0 Å². The number of ether oxygens (including phenoxy) is 1. The average Bonchev–Trinajstić information content (AvgIpc) is 3.31. The van der Waals surface area contributed by atoms with E-state index in [2.05, 4.69) is 25.2 Å². The van der Waals surface area contributed by atoms with Crippen molar-refractivity contribution >= 4 is 29.0 Å². The first-order chi connectivity index (χ1) is 14.9. The van der Waals surface area contributed by atoms with Crippen LogP contribution in [0.1, 0.15) is 17.1 Å². The number of rotatable bonds is 7. The number of hydrogen-bond donors (Lipinski definition) is 3. The molecule has 3 aromatic rings. The highest BCUT2D eigenvalue weighted by molar-refractivity contribution is 6.08.